The molecule has 8 heteroatoms. The van der Waals surface area contributed by atoms with Crippen LogP contribution in [0, 0.1) is 17.5 Å². The number of nitrogens with one attached hydrogen (secondary N) is 2. The molecule has 0 radical (unpaired) electrons. The second kappa shape index (κ2) is 5.88. The molecule has 0 bridgehead atoms. The molecular weight excluding hydrogens is 359 g/mol. The summed E-state index contributed by atoms with van der Waals surface area (Å²) in [6.45, 7) is 0. The third-order valence-corrected chi connectivity index (χ3v) is 3.34. The Balaban J connectivity index is 2.45. The van der Waals surface area contributed by atoms with E-state index in [1.807, 2.05) is 0 Å². The van der Waals surface area contributed by atoms with E-state index in [0.29, 0.717) is 10.5 Å². The summed E-state index contributed by atoms with van der Waals surface area (Å²) in [7, 11) is 1.45. The third-order valence-electron chi connectivity index (χ3n) is 2.42. The summed E-state index contributed by atoms with van der Waals surface area (Å²) in [6, 6.07) is 2.91. The van der Waals surface area contributed by atoms with E-state index in [9.17, 15) is 13.2 Å². The van der Waals surface area contributed by atoms with Gasteiger partial charge in [-0.3, -0.25) is 0 Å². The van der Waals surface area contributed by atoms with E-state index in [2.05, 4.69) is 31.5 Å². The molecule has 0 spiro atoms. The van der Waals surface area contributed by atoms with E-state index in [-0.39, 0.29) is 22.3 Å². The highest BCUT2D eigenvalue weighted by Gasteiger charge is 2.14. The van der Waals surface area contributed by atoms with Crippen molar-refractivity contribution in [2.75, 3.05) is 17.7 Å². The van der Waals surface area contributed by atoms with Gasteiger partial charge in [-0.15, -0.1) is 0 Å². The summed E-state index contributed by atoms with van der Waals surface area (Å²) >= 11 is 8.97. The van der Waals surface area contributed by atoms with Crippen molar-refractivity contribution < 1.29 is 13.2 Å². The number of hydrogen-bond acceptors (Lipinski definition) is 3. The Morgan fingerprint density at radius 2 is 1.75 bits per heavy atom. The molecule has 0 saturated carbocycles. The first-order chi connectivity index (χ1) is 9.42. The maximum absolute atomic E-state index is 13.7. The van der Waals surface area contributed by atoms with E-state index >= 15 is 0 Å². The Kier molecular flexibility index (Phi) is 4.39. The molecule has 0 amide bonds. The average Bonchev–Trinajstić information content (AvgIpc) is 2.35. The molecule has 0 aliphatic rings. The van der Waals surface area contributed by atoms with Crippen molar-refractivity contribution in [1.82, 2.24) is 4.98 Å². The van der Waals surface area contributed by atoms with Crippen molar-refractivity contribution in [1.29, 1.82) is 0 Å². The Morgan fingerprint density at radius 1 is 1.10 bits per heavy atom. The number of rotatable bonds is 3. The van der Waals surface area contributed by atoms with Gasteiger partial charge in [-0.05, 0) is 28.1 Å². The van der Waals surface area contributed by atoms with Crippen LogP contribution in [0.2, 0.25) is 5.02 Å². The van der Waals surface area contributed by atoms with Gasteiger partial charge in [0.25, 0.3) is 0 Å². The van der Waals surface area contributed by atoms with Gasteiger partial charge in [0.05, 0.1) is 10.7 Å². The van der Waals surface area contributed by atoms with Crippen LogP contribution in [0.25, 0.3) is 0 Å². The van der Waals surface area contributed by atoms with Gasteiger partial charge in [0.15, 0.2) is 23.3 Å². The van der Waals surface area contributed by atoms with Crippen LogP contribution < -0.4 is 10.6 Å². The van der Waals surface area contributed by atoms with Gasteiger partial charge in [0.1, 0.15) is 5.82 Å². The van der Waals surface area contributed by atoms with Crippen molar-refractivity contribution in [3.8, 4) is 0 Å². The van der Waals surface area contributed by atoms with E-state index in [1.54, 1.807) is 0 Å². The standard InChI is InChI=1S/C12H8BrClF3N3/c1-18-11-8(16)4-9(17)12(20-11)19-10-6(13)2-5(15)3-7(10)14/h2-4H,1H3,(H2,18,19,20). The minimum absolute atomic E-state index is 0.0356. The smallest absolute Gasteiger partial charge is 0.169 e. The van der Waals surface area contributed by atoms with Crippen LogP contribution in [0.3, 0.4) is 0 Å². The van der Waals surface area contributed by atoms with Gasteiger partial charge < -0.3 is 10.6 Å². The van der Waals surface area contributed by atoms with Crippen molar-refractivity contribution >= 4 is 44.9 Å². The summed E-state index contributed by atoms with van der Waals surface area (Å²) in [5.74, 6) is -2.61. The van der Waals surface area contributed by atoms with Gasteiger partial charge in [-0.1, -0.05) is 11.6 Å². The van der Waals surface area contributed by atoms with Crippen LogP contribution in [0.4, 0.5) is 30.5 Å². The molecule has 0 aliphatic heterocycles. The number of hydrogen-bond donors (Lipinski definition) is 2. The molecule has 0 saturated heterocycles. The van der Waals surface area contributed by atoms with E-state index < -0.39 is 17.5 Å². The topological polar surface area (TPSA) is 37.0 Å². The molecular formula is C12H8BrClF3N3. The zero-order valence-electron chi connectivity index (χ0n) is 10.1. The lowest BCUT2D eigenvalue weighted by Gasteiger charge is -2.12. The second-order valence-corrected chi connectivity index (χ2v) is 5.03. The van der Waals surface area contributed by atoms with Crippen LogP contribution in [0.1, 0.15) is 0 Å². The predicted octanol–water partition coefficient (Wildman–Crippen LogP) is 4.70. The number of benzene rings is 1. The lowest BCUT2D eigenvalue weighted by molar-refractivity contribution is 0.580. The fourth-order valence-electron chi connectivity index (χ4n) is 1.51. The van der Waals surface area contributed by atoms with Gasteiger partial charge in [-0.2, -0.15) is 0 Å². The molecule has 20 heavy (non-hydrogen) atoms. The Bertz CT molecular complexity index is 644. The first-order valence-electron chi connectivity index (χ1n) is 5.37. The van der Waals surface area contributed by atoms with Crippen molar-refractivity contribution in [2.24, 2.45) is 0 Å². The maximum Gasteiger partial charge on any atom is 0.169 e. The van der Waals surface area contributed by atoms with Crippen LogP contribution >= 0.6 is 27.5 Å². The highest BCUT2D eigenvalue weighted by atomic mass is 79.9. The van der Waals surface area contributed by atoms with E-state index in [4.69, 9.17) is 11.6 Å². The van der Waals surface area contributed by atoms with Crippen LogP contribution in [-0.4, -0.2) is 12.0 Å². The zero-order chi connectivity index (χ0) is 14.9. The third kappa shape index (κ3) is 2.99. The number of nitrogens with zero attached hydrogens (tertiary/aromatic N) is 1. The molecule has 0 unspecified atom stereocenters. The van der Waals surface area contributed by atoms with E-state index in [1.165, 1.54) is 7.05 Å². The Morgan fingerprint density at radius 3 is 2.35 bits per heavy atom. The van der Waals surface area contributed by atoms with E-state index in [0.717, 1.165) is 12.1 Å². The van der Waals surface area contributed by atoms with Gasteiger partial charge in [-0.25, -0.2) is 18.2 Å². The van der Waals surface area contributed by atoms with Crippen molar-refractivity contribution in [3.05, 3.63) is 45.1 Å². The summed E-state index contributed by atoms with van der Waals surface area (Å²) in [5.41, 5.74) is 0.230. The molecule has 106 valence electrons. The largest absolute Gasteiger partial charge is 0.371 e. The van der Waals surface area contributed by atoms with Crippen LogP contribution in [0.15, 0.2) is 22.7 Å². The summed E-state index contributed by atoms with van der Waals surface area (Å²) < 4.78 is 40.4. The summed E-state index contributed by atoms with van der Waals surface area (Å²) in [4.78, 5) is 3.74. The summed E-state index contributed by atoms with van der Waals surface area (Å²) in [5, 5.41) is 5.12. The number of aromatic nitrogens is 1. The van der Waals surface area contributed by atoms with Crippen molar-refractivity contribution in [2.45, 2.75) is 0 Å². The van der Waals surface area contributed by atoms with Gasteiger partial charge >= 0.3 is 0 Å². The minimum atomic E-state index is -0.895. The van der Waals surface area contributed by atoms with Crippen LogP contribution in [0.5, 0.6) is 0 Å². The molecule has 2 N–H and O–H groups in total. The van der Waals surface area contributed by atoms with Crippen LogP contribution in [-0.2, 0) is 0 Å². The normalized spacial score (nSPS) is 10.5. The monoisotopic (exact) mass is 365 g/mol. The van der Waals surface area contributed by atoms with Gasteiger partial charge in [0.2, 0.25) is 0 Å². The maximum atomic E-state index is 13.7. The molecule has 2 aromatic rings. The first-order valence-corrected chi connectivity index (χ1v) is 6.55. The molecule has 0 fully saturated rings. The minimum Gasteiger partial charge on any atom is -0.371 e. The molecule has 0 atom stereocenters. The lowest BCUT2D eigenvalue weighted by Crippen LogP contribution is -2.04. The fourth-order valence-corrected chi connectivity index (χ4v) is 2.41. The molecule has 1 aromatic carbocycles. The number of anilines is 3. The molecule has 1 aromatic heterocycles. The molecule has 1 heterocycles. The molecule has 3 nitrogen and oxygen atoms in total. The fraction of sp³-hybridized carbons (Fsp3) is 0.0833. The van der Waals surface area contributed by atoms with Gasteiger partial charge in [0, 0.05) is 17.6 Å². The number of halogens is 5. The molecule has 2 rings (SSSR count). The van der Waals surface area contributed by atoms with Crippen molar-refractivity contribution in [3.63, 3.8) is 0 Å². The highest BCUT2D eigenvalue weighted by Crippen LogP contribution is 2.34. The second-order valence-electron chi connectivity index (χ2n) is 3.77. The zero-order valence-corrected chi connectivity index (χ0v) is 12.4. The summed E-state index contributed by atoms with van der Waals surface area (Å²) in [6.07, 6.45) is 0. The Hall–Kier alpha value is -1.47. The molecule has 0 aliphatic carbocycles. The number of pyridine rings is 1. The highest BCUT2D eigenvalue weighted by molar-refractivity contribution is 9.10. The lowest BCUT2D eigenvalue weighted by atomic mass is 10.3. The SMILES string of the molecule is CNc1nc(Nc2c(Cl)cc(F)cc2Br)c(F)cc1F. The quantitative estimate of drug-likeness (QED) is 0.827. The predicted molar refractivity (Wildman–Crippen MR) is 76.1 cm³/mol. The average molecular weight is 367 g/mol. The Labute approximate surface area is 126 Å². The first kappa shape index (κ1) is 14.9.